The number of thiazole rings is 1. The Balaban J connectivity index is 2.27. The molecule has 0 aromatic carbocycles. The van der Waals surface area contributed by atoms with Crippen molar-refractivity contribution in [2.24, 2.45) is 5.11 Å². The second-order valence-corrected chi connectivity index (χ2v) is 7.09. The molecule has 0 saturated heterocycles. The Morgan fingerprint density at radius 3 is 3.11 bits per heavy atom. The summed E-state index contributed by atoms with van der Waals surface area (Å²) < 4.78 is 0. The van der Waals surface area contributed by atoms with Crippen LogP contribution in [0.25, 0.3) is 10.4 Å². The van der Waals surface area contributed by atoms with Crippen LogP contribution in [0.1, 0.15) is 22.7 Å². The largest absolute Gasteiger partial charge is 0.432 e. The summed E-state index contributed by atoms with van der Waals surface area (Å²) in [7, 11) is 2.68. The molecule has 0 aliphatic carbocycles. The maximum absolute atomic E-state index is 13.1. The summed E-state index contributed by atoms with van der Waals surface area (Å²) in [6, 6.07) is -0.680. The van der Waals surface area contributed by atoms with E-state index < -0.39 is 13.1 Å². The SMILES string of the molecule is C=CCON(C)C1CN(C)C(C(=O)N(CCN=[N+]=[N-])B(C)O)c2ncsc21. The number of aromatic nitrogens is 1. The summed E-state index contributed by atoms with van der Waals surface area (Å²) in [5, 5.41) is 15.2. The van der Waals surface area contributed by atoms with Crippen molar-refractivity contribution in [1.29, 1.82) is 0 Å². The Morgan fingerprint density at radius 2 is 2.48 bits per heavy atom. The Bertz CT molecular complexity index is 709. The van der Waals surface area contributed by atoms with Crippen molar-refractivity contribution < 1.29 is 14.7 Å². The average Bonchev–Trinajstić information content (AvgIpc) is 3.11. The number of amides is 1. The molecule has 2 rings (SSSR count). The molecule has 12 heteroatoms. The molecule has 0 fully saturated rings. The van der Waals surface area contributed by atoms with Gasteiger partial charge in [-0.1, -0.05) is 11.2 Å². The molecular formula is C15H24BN7O3S. The minimum absolute atomic E-state index is 0.0651. The molecule has 146 valence electrons. The summed E-state index contributed by atoms with van der Waals surface area (Å²) in [4.78, 5) is 30.1. The molecule has 2 heterocycles. The highest BCUT2D eigenvalue weighted by Crippen LogP contribution is 2.39. The van der Waals surface area contributed by atoms with E-state index in [1.165, 1.54) is 23.0 Å². The van der Waals surface area contributed by atoms with Gasteiger partial charge in [0.15, 0.2) is 0 Å². The van der Waals surface area contributed by atoms with Crippen molar-refractivity contribution in [1.82, 2.24) is 19.8 Å². The topological polar surface area (TPSA) is 118 Å². The molecular weight excluding hydrogens is 369 g/mol. The second-order valence-electron chi connectivity index (χ2n) is 6.21. The highest BCUT2D eigenvalue weighted by molar-refractivity contribution is 7.09. The molecule has 0 radical (unpaired) electrons. The molecule has 1 aromatic rings. The molecule has 0 bridgehead atoms. The second kappa shape index (κ2) is 9.84. The molecule has 27 heavy (non-hydrogen) atoms. The van der Waals surface area contributed by atoms with Gasteiger partial charge in [-0.05, 0) is 19.4 Å². The Morgan fingerprint density at radius 1 is 1.74 bits per heavy atom. The van der Waals surface area contributed by atoms with Crippen LogP contribution in [-0.2, 0) is 9.63 Å². The van der Waals surface area contributed by atoms with Crippen molar-refractivity contribution in [3.8, 4) is 0 Å². The number of azide groups is 1. The summed E-state index contributed by atoms with van der Waals surface area (Å²) in [5.41, 5.74) is 10.8. The molecule has 1 aromatic heterocycles. The average molecular weight is 393 g/mol. The van der Waals surface area contributed by atoms with Crippen molar-refractivity contribution >= 4 is 24.3 Å². The van der Waals surface area contributed by atoms with Gasteiger partial charge in [-0.15, -0.1) is 17.9 Å². The summed E-state index contributed by atoms with van der Waals surface area (Å²) in [5.74, 6) is -0.277. The maximum Gasteiger partial charge on any atom is 0.411 e. The van der Waals surface area contributed by atoms with Gasteiger partial charge in [0.2, 0.25) is 5.91 Å². The van der Waals surface area contributed by atoms with Gasteiger partial charge in [0.05, 0.1) is 28.7 Å². The van der Waals surface area contributed by atoms with Crippen molar-refractivity contribution in [3.05, 3.63) is 39.2 Å². The fourth-order valence-electron chi connectivity index (χ4n) is 3.07. The van der Waals surface area contributed by atoms with E-state index in [1.807, 2.05) is 19.0 Å². The minimum atomic E-state index is -1.00. The first-order chi connectivity index (χ1) is 12.9. The zero-order valence-electron chi connectivity index (χ0n) is 15.7. The van der Waals surface area contributed by atoms with E-state index in [0.29, 0.717) is 18.8 Å². The van der Waals surface area contributed by atoms with E-state index in [4.69, 9.17) is 10.4 Å². The molecule has 1 N–H and O–H groups in total. The number of carbonyl (C=O) groups is 1. The molecule has 2 atom stereocenters. The Kier molecular flexibility index (Phi) is 7.78. The van der Waals surface area contributed by atoms with E-state index in [1.54, 1.807) is 16.6 Å². The van der Waals surface area contributed by atoms with E-state index in [-0.39, 0.29) is 25.0 Å². The van der Waals surface area contributed by atoms with Crippen LogP contribution in [0.15, 0.2) is 23.3 Å². The van der Waals surface area contributed by atoms with Crippen LogP contribution in [0.5, 0.6) is 0 Å². The summed E-state index contributed by atoms with van der Waals surface area (Å²) in [6.07, 6.45) is 1.67. The fourth-order valence-corrected chi connectivity index (χ4v) is 4.01. The lowest BCUT2D eigenvalue weighted by Crippen LogP contribution is -2.52. The van der Waals surface area contributed by atoms with Gasteiger partial charge in [0.25, 0.3) is 0 Å². The molecule has 1 amide bonds. The van der Waals surface area contributed by atoms with Gasteiger partial charge >= 0.3 is 7.05 Å². The lowest BCUT2D eigenvalue weighted by atomic mass is 9.83. The number of hydrogen-bond donors (Lipinski definition) is 1. The fraction of sp³-hybridized carbons (Fsp3) is 0.600. The standard InChI is InChI=1S/C15H24BN7O3S/c1-5-8-26-22(4)11-9-21(3)13(12-14(11)27-10-18-12)15(24)23(16(2)25)7-6-19-20-17/h5,10-11,13,25H,1,6-9H2,2-4H3. The molecule has 10 nitrogen and oxygen atoms in total. The van der Waals surface area contributed by atoms with Crippen molar-refractivity contribution in [2.45, 2.75) is 18.9 Å². The van der Waals surface area contributed by atoms with Gasteiger partial charge in [0, 0.05) is 31.6 Å². The number of likely N-dealkylation sites (N-methyl/N-ethyl adjacent to an activating group) is 2. The Labute approximate surface area is 162 Å². The first kappa shape index (κ1) is 21.4. The van der Waals surface area contributed by atoms with Gasteiger partial charge < -0.3 is 9.83 Å². The first-order valence-corrected chi connectivity index (χ1v) is 9.39. The van der Waals surface area contributed by atoms with E-state index >= 15 is 0 Å². The van der Waals surface area contributed by atoms with E-state index in [2.05, 4.69) is 21.6 Å². The monoisotopic (exact) mass is 393 g/mol. The highest BCUT2D eigenvalue weighted by atomic mass is 32.1. The zero-order chi connectivity index (χ0) is 20.0. The number of rotatable bonds is 9. The number of carbonyl (C=O) groups excluding carboxylic acids is 1. The third-order valence-electron chi connectivity index (χ3n) is 4.39. The van der Waals surface area contributed by atoms with Crippen molar-refractivity contribution in [2.75, 3.05) is 40.3 Å². The number of fused-ring (bicyclic) bond motifs is 1. The quantitative estimate of drug-likeness (QED) is 0.170. The number of hydroxylamine groups is 2. The summed E-state index contributed by atoms with van der Waals surface area (Å²) in [6.45, 7) is 6.34. The van der Waals surface area contributed by atoms with Gasteiger partial charge in [-0.3, -0.25) is 14.5 Å². The van der Waals surface area contributed by atoms with Gasteiger partial charge in [-0.25, -0.2) is 4.98 Å². The summed E-state index contributed by atoms with van der Waals surface area (Å²) >= 11 is 1.47. The van der Waals surface area contributed by atoms with Crippen LogP contribution < -0.4 is 0 Å². The van der Waals surface area contributed by atoms with Crippen LogP contribution in [0.2, 0.25) is 6.82 Å². The minimum Gasteiger partial charge on any atom is -0.432 e. The molecule has 2 unspecified atom stereocenters. The lowest BCUT2D eigenvalue weighted by molar-refractivity contribution is -0.168. The predicted molar refractivity (Wildman–Crippen MR) is 104 cm³/mol. The first-order valence-electron chi connectivity index (χ1n) is 8.51. The zero-order valence-corrected chi connectivity index (χ0v) is 16.5. The molecule has 1 aliphatic heterocycles. The molecule has 0 saturated carbocycles. The van der Waals surface area contributed by atoms with Crippen molar-refractivity contribution in [3.63, 3.8) is 0 Å². The Hall–Kier alpha value is -1.95. The maximum atomic E-state index is 13.1. The number of nitrogens with zero attached hydrogens (tertiary/aromatic N) is 7. The third kappa shape index (κ3) is 4.86. The van der Waals surface area contributed by atoms with Crippen LogP contribution in [0, 0.1) is 0 Å². The predicted octanol–water partition coefficient (Wildman–Crippen LogP) is 1.47. The molecule has 0 spiro atoms. The van der Waals surface area contributed by atoms with E-state index in [9.17, 15) is 9.82 Å². The smallest absolute Gasteiger partial charge is 0.411 e. The van der Waals surface area contributed by atoms with E-state index in [0.717, 1.165) is 4.88 Å². The van der Waals surface area contributed by atoms with Gasteiger partial charge in [-0.2, -0.15) is 5.06 Å². The third-order valence-corrected chi connectivity index (χ3v) is 5.34. The van der Waals surface area contributed by atoms with Crippen LogP contribution in [-0.4, -0.2) is 78.1 Å². The molecule has 1 aliphatic rings. The highest BCUT2D eigenvalue weighted by Gasteiger charge is 2.42. The van der Waals surface area contributed by atoms with Gasteiger partial charge in [0.1, 0.15) is 6.04 Å². The number of hydrogen-bond acceptors (Lipinski definition) is 8. The van der Waals surface area contributed by atoms with Crippen LogP contribution >= 0.6 is 11.3 Å². The normalized spacial score (nSPS) is 19.3. The van der Waals surface area contributed by atoms with Crippen LogP contribution in [0.3, 0.4) is 0 Å². The lowest BCUT2D eigenvalue weighted by Gasteiger charge is -2.40. The van der Waals surface area contributed by atoms with Crippen LogP contribution in [0.4, 0.5) is 0 Å².